The van der Waals surface area contributed by atoms with Crippen LogP contribution in [0.5, 0.6) is 0 Å². The first-order chi connectivity index (χ1) is 12.2. The first kappa shape index (κ1) is 20.2. The van der Waals surface area contributed by atoms with E-state index in [1.165, 1.54) is 0 Å². The van der Waals surface area contributed by atoms with Crippen molar-refractivity contribution < 1.29 is 14.3 Å². The Kier molecular flexibility index (Phi) is 6.62. The van der Waals surface area contributed by atoms with Crippen LogP contribution in [0.3, 0.4) is 0 Å². The predicted octanol–water partition coefficient (Wildman–Crippen LogP) is 3.47. The summed E-state index contributed by atoms with van der Waals surface area (Å²) in [6.07, 6.45) is 3.01. The van der Waals surface area contributed by atoms with Gasteiger partial charge in [-0.1, -0.05) is 6.07 Å². The number of rotatable bonds is 4. The molecule has 1 atom stereocenters. The summed E-state index contributed by atoms with van der Waals surface area (Å²) in [7, 11) is 0. The van der Waals surface area contributed by atoms with Crippen molar-refractivity contribution in [3.63, 3.8) is 0 Å². The van der Waals surface area contributed by atoms with Crippen LogP contribution >= 0.6 is 0 Å². The molecule has 2 amide bonds. The topological polar surface area (TPSA) is 62.7 Å². The fourth-order valence-electron chi connectivity index (χ4n) is 3.09. The molecule has 6 nitrogen and oxygen atoms in total. The van der Waals surface area contributed by atoms with Crippen molar-refractivity contribution in [2.75, 3.05) is 13.1 Å². The minimum atomic E-state index is -0.531. The molecule has 26 heavy (non-hydrogen) atoms. The highest BCUT2D eigenvalue weighted by atomic mass is 16.6. The Bertz CT molecular complexity index is 610. The zero-order valence-electron chi connectivity index (χ0n) is 16.6. The van der Waals surface area contributed by atoms with Crippen molar-refractivity contribution >= 4 is 12.0 Å². The van der Waals surface area contributed by atoms with Gasteiger partial charge in [0.2, 0.25) is 5.91 Å². The molecule has 1 aromatic heterocycles. The van der Waals surface area contributed by atoms with Crippen LogP contribution in [0.4, 0.5) is 4.79 Å². The summed E-state index contributed by atoms with van der Waals surface area (Å²) < 4.78 is 5.46. The lowest BCUT2D eigenvalue weighted by Gasteiger charge is -2.37. The third kappa shape index (κ3) is 5.71. The lowest BCUT2D eigenvalue weighted by Crippen LogP contribution is -2.49. The molecule has 6 heteroatoms. The Morgan fingerprint density at radius 1 is 1.35 bits per heavy atom. The van der Waals surface area contributed by atoms with Crippen molar-refractivity contribution in [2.24, 2.45) is 5.92 Å². The first-order valence-electron chi connectivity index (χ1n) is 9.35. The van der Waals surface area contributed by atoms with Crippen molar-refractivity contribution in [3.8, 4) is 0 Å². The maximum absolute atomic E-state index is 13.1. The van der Waals surface area contributed by atoms with Gasteiger partial charge in [-0.2, -0.15) is 0 Å². The molecule has 144 valence electrons. The van der Waals surface area contributed by atoms with E-state index in [9.17, 15) is 9.59 Å². The molecule has 1 unspecified atom stereocenters. The van der Waals surface area contributed by atoms with Crippen LogP contribution in [-0.4, -0.2) is 51.5 Å². The number of amides is 2. The molecule has 1 aliphatic rings. The average molecular weight is 361 g/mol. The second-order valence-corrected chi connectivity index (χ2v) is 8.15. The number of carbonyl (C=O) groups excluding carboxylic acids is 2. The Balaban J connectivity index is 2.04. The van der Waals surface area contributed by atoms with E-state index in [4.69, 9.17) is 4.74 Å². The van der Waals surface area contributed by atoms with Crippen molar-refractivity contribution in [1.29, 1.82) is 0 Å². The van der Waals surface area contributed by atoms with Gasteiger partial charge in [0.05, 0.1) is 18.2 Å². The molecular weight excluding hydrogens is 330 g/mol. The molecular formula is C20H31N3O3. The van der Waals surface area contributed by atoms with E-state index in [0.29, 0.717) is 19.6 Å². The van der Waals surface area contributed by atoms with Crippen LogP contribution in [0.15, 0.2) is 24.4 Å². The summed E-state index contributed by atoms with van der Waals surface area (Å²) in [4.78, 5) is 33.3. The Hall–Kier alpha value is -2.11. The molecule has 0 N–H and O–H groups in total. The number of nitrogens with zero attached hydrogens (tertiary/aromatic N) is 3. The molecule has 2 heterocycles. The molecule has 1 aromatic rings. The van der Waals surface area contributed by atoms with Crippen LogP contribution < -0.4 is 0 Å². The summed E-state index contributed by atoms with van der Waals surface area (Å²) in [6, 6.07) is 5.79. The third-order valence-corrected chi connectivity index (χ3v) is 4.39. The summed E-state index contributed by atoms with van der Waals surface area (Å²) >= 11 is 0. The molecule has 1 saturated heterocycles. The Labute approximate surface area is 156 Å². The number of pyridine rings is 1. The number of likely N-dealkylation sites (tertiary alicyclic amines) is 1. The smallest absolute Gasteiger partial charge is 0.410 e. The van der Waals surface area contributed by atoms with E-state index in [-0.39, 0.29) is 24.0 Å². The molecule has 0 aromatic carbocycles. The minimum absolute atomic E-state index is 0.0707. The second-order valence-electron chi connectivity index (χ2n) is 8.15. The van der Waals surface area contributed by atoms with Crippen molar-refractivity contribution in [2.45, 2.75) is 65.6 Å². The van der Waals surface area contributed by atoms with Gasteiger partial charge in [-0.15, -0.1) is 0 Å². The van der Waals surface area contributed by atoms with Crippen molar-refractivity contribution in [3.05, 3.63) is 30.1 Å². The molecule has 1 fully saturated rings. The van der Waals surface area contributed by atoms with Gasteiger partial charge in [0, 0.05) is 25.3 Å². The summed E-state index contributed by atoms with van der Waals surface area (Å²) in [5, 5.41) is 0. The number of hydrogen-bond acceptors (Lipinski definition) is 4. The Morgan fingerprint density at radius 3 is 2.65 bits per heavy atom. The molecule has 0 aliphatic carbocycles. The van der Waals surface area contributed by atoms with E-state index in [1.807, 2.05) is 57.7 Å². The van der Waals surface area contributed by atoms with Gasteiger partial charge in [0.15, 0.2) is 0 Å². The number of ether oxygens (including phenoxy) is 1. The van der Waals surface area contributed by atoms with E-state index in [1.54, 1.807) is 11.1 Å². The molecule has 0 bridgehead atoms. The van der Waals surface area contributed by atoms with Gasteiger partial charge in [-0.05, 0) is 59.6 Å². The number of aromatic nitrogens is 1. The first-order valence-corrected chi connectivity index (χ1v) is 9.35. The summed E-state index contributed by atoms with van der Waals surface area (Å²) in [6.45, 7) is 11.1. The highest BCUT2D eigenvalue weighted by molar-refractivity contribution is 5.80. The fraction of sp³-hybridized carbons (Fsp3) is 0.650. The largest absolute Gasteiger partial charge is 0.444 e. The molecule has 0 spiro atoms. The van der Waals surface area contributed by atoms with E-state index >= 15 is 0 Å². The number of hydrogen-bond donors (Lipinski definition) is 0. The normalized spacial score (nSPS) is 17.9. The zero-order valence-corrected chi connectivity index (χ0v) is 16.6. The number of piperidine rings is 1. The summed E-state index contributed by atoms with van der Waals surface area (Å²) in [5.74, 6) is -0.110. The third-order valence-electron chi connectivity index (χ3n) is 4.39. The van der Waals surface area contributed by atoms with Gasteiger partial charge in [-0.3, -0.25) is 9.78 Å². The maximum Gasteiger partial charge on any atom is 0.410 e. The maximum atomic E-state index is 13.1. The van der Waals surface area contributed by atoms with Crippen LogP contribution in [0.1, 0.15) is 53.2 Å². The van der Waals surface area contributed by atoms with Crippen LogP contribution in [-0.2, 0) is 16.1 Å². The zero-order chi connectivity index (χ0) is 19.3. The fourth-order valence-corrected chi connectivity index (χ4v) is 3.09. The van der Waals surface area contributed by atoms with Gasteiger partial charge in [0.25, 0.3) is 0 Å². The Morgan fingerprint density at radius 2 is 2.08 bits per heavy atom. The second kappa shape index (κ2) is 8.52. The van der Waals surface area contributed by atoms with Crippen LogP contribution in [0, 0.1) is 5.92 Å². The highest BCUT2D eigenvalue weighted by Crippen LogP contribution is 2.23. The molecule has 0 radical (unpaired) electrons. The van der Waals surface area contributed by atoms with Crippen LogP contribution in [0.25, 0.3) is 0 Å². The van der Waals surface area contributed by atoms with Crippen LogP contribution in [0.2, 0.25) is 0 Å². The molecule has 0 saturated carbocycles. The average Bonchev–Trinajstić information content (AvgIpc) is 2.58. The minimum Gasteiger partial charge on any atom is -0.444 e. The molecule has 1 aliphatic heterocycles. The van der Waals surface area contributed by atoms with E-state index < -0.39 is 5.60 Å². The lowest BCUT2D eigenvalue weighted by atomic mass is 9.96. The highest BCUT2D eigenvalue weighted by Gasteiger charge is 2.34. The van der Waals surface area contributed by atoms with Gasteiger partial charge < -0.3 is 14.5 Å². The SMILES string of the molecule is CC(C)N(Cc1ccccn1)C(=O)C1CCCN(C(=O)OC(C)(C)C)C1. The van der Waals surface area contributed by atoms with E-state index in [2.05, 4.69) is 4.98 Å². The van der Waals surface area contributed by atoms with Gasteiger partial charge >= 0.3 is 6.09 Å². The predicted molar refractivity (Wildman–Crippen MR) is 100 cm³/mol. The summed E-state index contributed by atoms with van der Waals surface area (Å²) in [5.41, 5.74) is 0.339. The quantitative estimate of drug-likeness (QED) is 0.824. The number of carbonyl (C=O) groups is 2. The lowest BCUT2D eigenvalue weighted by molar-refractivity contribution is -0.139. The van der Waals surface area contributed by atoms with Crippen molar-refractivity contribution in [1.82, 2.24) is 14.8 Å². The monoisotopic (exact) mass is 361 g/mol. The van der Waals surface area contributed by atoms with E-state index in [0.717, 1.165) is 18.5 Å². The molecule has 2 rings (SSSR count). The van der Waals surface area contributed by atoms with Gasteiger partial charge in [-0.25, -0.2) is 4.79 Å². The standard InChI is InChI=1S/C20H31N3O3/c1-15(2)23(14-17-10-6-7-11-21-17)18(24)16-9-8-12-22(13-16)19(25)26-20(3,4)5/h6-7,10-11,15-16H,8-9,12-14H2,1-5H3. The van der Waals surface area contributed by atoms with Gasteiger partial charge in [0.1, 0.15) is 5.60 Å².